The van der Waals surface area contributed by atoms with Gasteiger partial charge in [0, 0.05) is 38.4 Å². The minimum atomic E-state index is 0.701. The summed E-state index contributed by atoms with van der Waals surface area (Å²) in [5.74, 6) is 2.87. The highest BCUT2D eigenvalue weighted by Crippen LogP contribution is 2.43. The van der Waals surface area contributed by atoms with Gasteiger partial charge in [0.1, 0.15) is 11.9 Å². The molecule has 4 heteroatoms. The van der Waals surface area contributed by atoms with Gasteiger partial charge in [-0.15, -0.1) is 0 Å². The molecular formula is C18H24N4. The molecule has 2 unspecified atom stereocenters. The van der Waals surface area contributed by atoms with Crippen LogP contribution in [0.3, 0.4) is 0 Å². The molecule has 2 heterocycles. The van der Waals surface area contributed by atoms with Crippen molar-refractivity contribution >= 4 is 5.82 Å². The second-order valence-corrected chi connectivity index (χ2v) is 7.18. The van der Waals surface area contributed by atoms with Crippen molar-refractivity contribution in [2.24, 2.45) is 11.8 Å². The molecule has 0 amide bonds. The van der Waals surface area contributed by atoms with Gasteiger partial charge in [-0.25, -0.2) is 4.98 Å². The maximum Gasteiger partial charge on any atom is 0.146 e. The van der Waals surface area contributed by atoms with Gasteiger partial charge in [0.15, 0.2) is 0 Å². The van der Waals surface area contributed by atoms with E-state index in [0.717, 1.165) is 49.9 Å². The second kappa shape index (κ2) is 5.89. The molecule has 0 N–H and O–H groups in total. The summed E-state index contributed by atoms with van der Waals surface area (Å²) in [5.41, 5.74) is 0.701. The van der Waals surface area contributed by atoms with Crippen LogP contribution in [0.2, 0.25) is 0 Å². The molecule has 1 aromatic heterocycles. The molecule has 0 aromatic carbocycles. The molecule has 2 atom stereocenters. The number of hydrogen-bond acceptors (Lipinski definition) is 4. The number of aromatic nitrogens is 1. The van der Waals surface area contributed by atoms with Gasteiger partial charge in [-0.3, -0.25) is 4.90 Å². The van der Waals surface area contributed by atoms with Crippen LogP contribution in [-0.4, -0.2) is 42.1 Å². The van der Waals surface area contributed by atoms with Crippen LogP contribution in [0.15, 0.2) is 18.3 Å². The lowest BCUT2D eigenvalue weighted by atomic mass is 9.84. The Morgan fingerprint density at radius 1 is 1.05 bits per heavy atom. The molecule has 2 aliphatic carbocycles. The van der Waals surface area contributed by atoms with Gasteiger partial charge in [0.05, 0.1) is 5.56 Å². The highest BCUT2D eigenvalue weighted by molar-refractivity contribution is 5.53. The number of pyridine rings is 1. The molecule has 1 aromatic rings. The SMILES string of the molecule is N#Cc1cccnc1N1CCN(C2CC3CCC(C3)C2)CC1. The first-order valence-corrected chi connectivity index (χ1v) is 8.67. The van der Waals surface area contributed by atoms with E-state index in [-0.39, 0.29) is 0 Å². The zero-order chi connectivity index (χ0) is 14.9. The number of fused-ring (bicyclic) bond motifs is 2. The third-order valence-corrected chi connectivity index (χ3v) is 5.90. The van der Waals surface area contributed by atoms with E-state index in [1.165, 1.54) is 32.1 Å². The molecule has 1 aliphatic heterocycles. The Morgan fingerprint density at radius 2 is 1.77 bits per heavy atom. The molecule has 0 radical (unpaired) electrons. The Bertz CT molecular complexity index is 559. The predicted molar refractivity (Wildman–Crippen MR) is 86.6 cm³/mol. The third-order valence-electron chi connectivity index (χ3n) is 5.90. The number of nitriles is 1. The number of anilines is 1. The van der Waals surface area contributed by atoms with Crippen molar-refractivity contribution < 1.29 is 0 Å². The van der Waals surface area contributed by atoms with E-state index in [1.807, 2.05) is 12.1 Å². The minimum Gasteiger partial charge on any atom is -0.353 e. The van der Waals surface area contributed by atoms with Crippen molar-refractivity contribution in [2.45, 2.75) is 38.1 Å². The Hall–Kier alpha value is -1.60. The summed E-state index contributed by atoms with van der Waals surface area (Å²) in [6.45, 7) is 4.23. The summed E-state index contributed by atoms with van der Waals surface area (Å²) < 4.78 is 0. The molecule has 4 nitrogen and oxygen atoms in total. The number of hydrogen-bond donors (Lipinski definition) is 0. The van der Waals surface area contributed by atoms with Crippen LogP contribution in [0.25, 0.3) is 0 Å². The van der Waals surface area contributed by atoms with Gasteiger partial charge >= 0.3 is 0 Å². The first-order valence-electron chi connectivity index (χ1n) is 8.67. The Kier molecular flexibility index (Phi) is 3.75. The van der Waals surface area contributed by atoms with Gasteiger partial charge in [0.2, 0.25) is 0 Å². The second-order valence-electron chi connectivity index (χ2n) is 7.18. The fourth-order valence-corrected chi connectivity index (χ4v) is 4.81. The van der Waals surface area contributed by atoms with Crippen molar-refractivity contribution in [1.29, 1.82) is 5.26 Å². The van der Waals surface area contributed by atoms with Crippen molar-refractivity contribution in [2.75, 3.05) is 31.1 Å². The molecule has 2 saturated carbocycles. The van der Waals surface area contributed by atoms with Gasteiger partial charge in [-0.1, -0.05) is 12.8 Å². The van der Waals surface area contributed by atoms with E-state index in [4.69, 9.17) is 0 Å². The molecule has 4 rings (SSSR count). The monoisotopic (exact) mass is 296 g/mol. The zero-order valence-electron chi connectivity index (χ0n) is 13.1. The van der Waals surface area contributed by atoms with E-state index in [2.05, 4.69) is 20.9 Å². The van der Waals surface area contributed by atoms with E-state index < -0.39 is 0 Å². The highest BCUT2D eigenvalue weighted by atomic mass is 15.3. The van der Waals surface area contributed by atoms with E-state index in [1.54, 1.807) is 6.20 Å². The molecule has 116 valence electrons. The molecule has 0 spiro atoms. The Labute approximate surface area is 132 Å². The summed E-state index contributed by atoms with van der Waals surface area (Å²) in [6, 6.07) is 6.79. The molecule has 3 aliphatic rings. The maximum atomic E-state index is 9.24. The van der Waals surface area contributed by atoms with Crippen molar-refractivity contribution in [3.05, 3.63) is 23.9 Å². The third kappa shape index (κ3) is 2.59. The van der Waals surface area contributed by atoms with E-state index in [9.17, 15) is 5.26 Å². The average molecular weight is 296 g/mol. The lowest BCUT2D eigenvalue weighted by molar-refractivity contribution is 0.119. The van der Waals surface area contributed by atoms with Gasteiger partial charge in [-0.05, 0) is 43.2 Å². The maximum absolute atomic E-state index is 9.24. The highest BCUT2D eigenvalue weighted by Gasteiger charge is 2.37. The lowest BCUT2D eigenvalue weighted by Gasteiger charge is -2.42. The Morgan fingerprint density at radius 3 is 2.45 bits per heavy atom. The average Bonchev–Trinajstić information content (AvgIpc) is 2.93. The van der Waals surface area contributed by atoms with Crippen LogP contribution in [0.4, 0.5) is 5.82 Å². The van der Waals surface area contributed by atoms with E-state index in [0.29, 0.717) is 5.56 Å². The van der Waals surface area contributed by atoms with Crippen molar-refractivity contribution in [1.82, 2.24) is 9.88 Å². The van der Waals surface area contributed by atoms with Gasteiger partial charge < -0.3 is 4.90 Å². The largest absolute Gasteiger partial charge is 0.353 e. The number of piperazine rings is 1. The van der Waals surface area contributed by atoms with Gasteiger partial charge in [-0.2, -0.15) is 5.26 Å². The van der Waals surface area contributed by atoms with Gasteiger partial charge in [0.25, 0.3) is 0 Å². The molecule has 2 bridgehead atoms. The Balaban J connectivity index is 1.39. The molecule has 3 fully saturated rings. The summed E-state index contributed by atoms with van der Waals surface area (Å²) in [5, 5.41) is 9.24. The van der Waals surface area contributed by atoms with Crippen LogP contribution in [0, 0.1) is 23.2 Å². The topological polar surface area (TPSA) is 43.2 Å². The first-order chi connectivity index (χ1) is 10.8. The fourth-order valence-electron chi connectivity index (χ4n) is 4.81. The molecule has 1 saturated heterocycles. The van der Waals surface area contributed by atoms with Crippen molar-refractivity contribution in [3.63, 3.8) is 0 Å². The first kappa shape index (κ1) is 14.0. The number of nitrogens with zero attached hydrogens (tertiary/aromatic N) is 4. The van der Waals surface area contributed by atoms with E-state index >= 15 is 0 Å². The number of rotatable bonds is 2. The lowest BCUT2D eigenvalue weighted by Crippen LogP contribution is -2.52. The zero-order valence-corrected chi connectivity index (χ0v) is 13.1. The van der Waals surface area contributed by atoms with Crippen LogP contribution >= 0.6 is 0 Å². The smallest absolute Gasteiger partial charge is 0.146 e. The minimum absolute atomic E-state index is 0.701. The normalized spacial score (nSPS) is 32.0. The van der Waals surface area contributed by atoms with Crippen molar-refractivity contribution in [3.8, 4) is 6.07 Å². The summed E-state index contributed by atoms with van der Waals surface area (Å²) in [4.78, 5) is 9.42. The summed E-state index contributed by atoms with van der Waals surface area (Å²) in [7, 11) is 0. The standard InChI is InChI=1S/C18H24N4/c19-13-16-2-1-5-20-18(16)22-8-6-21(7-9-22)17-11-14-3-4-15(10-14)12-17/h1-2,5,14-15,17H,3-4,6-12H2. The molecule has 22 heavy (non-hydrogen) atoms. The quantitative estimate of drug-likeness (QED) is 0.841. The van der Waals surface area contributed by atoms with Crippen LogP contribution < -0.4 is 4.90 Å². The van der Waals surface area contributed by atoms with Crippen LogP contribution in [-0.2, 0) is 0 Å². The predicted octanol–water partition coefficient (Wildman–Crippen LogP) is 2.65. The molecular weight excluding hydrogens is 272 g/mol. The summed E-state index contributed by atoms with van der Waals surface area (Å²) >= 11 is 0. The van der Waals surface area contributed by atoms with Crippen LogP contribution in [0.5, 0.6) is 0 Å². The fraction of sp³-hybridized carbons (Fsp3) is 0.667. The van der Waals surface area contributed by atoms with Crippen LogP contribution in [0.1, 0.15) is 37.7 Å². The summed E-state index contributed by atoms with van der Waals surface area (Å²) in [6.07, 6.45) is 9.07.